The van der Waals surface area contributed by atoms with Crippen molar-refractivity contribution in [1.82, 2.24) is 10.2 Å². The van der Waals surface area contributed by atoms with Gasteiger partial charge in [-0.3, -0.25) is 0 Å². The van der Waals surface area contributed by atoms with E-state index in [2.05, 4.69) is 10.2 Å². The molecule has 0 saturated heterocycles. The van der Waals surface area contributed by atoms with Gasteiger partial charge in [0.25, 0.3) is 0 Å². The maximum Gasteiger partial charge on any atom is 0.340 e. The number of nitrogens with zero attached hydrogens (tertiary/aromatic N) is 2. The number of aromatic nitrogens is 2. The van der Waals surface area contributed by atoms with Crippen LogP contribution in [0.15, 0.2) is 6.07 Å². The Morgan fingerprint density at radius 2 is 2.13 bits per heavy atom. The zero-order valence-electron chi connectivity index (χ0n) is 9.41. The highest BCUT2D eigenvalue weighted by Gasteiger charge is 2.13. The molecule has 4 nitrogen and oxygen atoms in total. The maximum absolute atomic E-state index is 11.6. The van der Waals surface area contributed by atoms with E-state index in [9.17, 15) is 4.79 Å². The van der Waals surface area contributed by atoms with E-state index in [1.807, 2.05) is 20.8 Å². The van der Waals surface area contributed by atoms with Gasteiger partial charge in [0, 0.05) is 0 Å². The van der Waals surface area contributed by atoms with Gasteiger partial charge in [-0.2, -0.15) is 10.2 Å². The normalized spacial score (nSPS) is 10.1. The summed E-state index contributed by atoms with van der Waals surface area (Å²) in [5.74, 6) is -0.299. The predicted molar refractivity (Wildman–Crippen MR) is 56.7 cm³/mol. The first-order valence-electron chi connectivity index (χ1n) is 5.19. The summed E-state index contributed by atoms with van der Waals surface area (Å²) in [7, 11) is 0. The Morgan fingerprint density at radius 1 is 1.40 bits per heavy atom. The summed E-state index contributed by atoms with van der Waals surface area (Å²) in [6, 6.07) is 1.73. The van der Waals surface area contributed by atoms with Gasteiger partial charge < -0.3 is 4.74 Å². The second kappa shape index (κ2) is 5.44. The van der Waals surface area contributed by atoms with Crippen LogP contribution in [0, 0.1) is 6.92 Å². The third kappa shape index (κ3) is 3.01. The van der Waals surface area contributed by atoms with Gasteiger partial charge in [0.1, 0.15) is 0 Å². The van der Waals surface area contributed by atoms with Crippen molar-refractivity contribution in [2.75, 3.05) is 6.61 Å². The van der Waals surface area contributed by atoms with Crippen LogP contribution in [0.5, 0.6) is 0 Å². The number of ether oxygens (including phenoxy) is 1. The molecule has 0 aromatic carbocycles. The van der Waals surface area contributed by atoms with Crippen LogP contribution in [0.3, 0.4) is 0 Å². The summed E-state index contributed by atoms with van der Waals surface area (Å²) in [6.07, 6.45) is 1.51. The van der Waals surface area contributed by atoms with Crippen molar-refractivity contribution >= 4 is 5.97 Å². The van der Waals surface area contributed by atoms with E-state index in [1.165, 1.54) is 0 Å². The first-order valence-corrected chi connectivity index (χ1v) is 5.19. The van der Waals surface area contributed by atoms with Gasteiger partial charge in [-0.25, -0.2) is 4.79 Å². The molecule has 4 heteroatoms. The lowest BCUT2D eigenvalue weighted by Gasteiger charge is -2.06. The van der Waals surface area contributed by atoms with E-state index >= 15 is 0 Å². The van der Waals surface area contributed by atoms with Gasteiger partial charge in [0.2, 0.25) is 0 Å². The average molecular weight is 208 g/mol. The van der Waals surface area contributed by atoms with Crippen LogP contribution in [-0.2, 0) is 11.2 Å². The molecule has 0 atom stereocenters. The second-order valence-corrected chi connectivity index (χ2v) is 3.34. The van der Waals surface area contributed by atoms with Crippen molar-refractivity contribution in [3.05, 3.63) is 23.0 Å². The molecule has 0 unspecified atom stereocenters. The van der Waals surface area contributed by atoms with Crippen molar-refractivity contribution < 1.29 is 9.53 Å². The molecule has 1 rings (SSSR count). The van der Waals surface area contributed by atoms with Crippen LogP contribution in [0.1, 0.15) is 42.0 Å². The highest BCUT2D eigenvalue weighted by Crippen LogP contribution is 2.09. The van der Waals surface area contributed by atoms with E-state index in [4.69, 9.17) is 4.74 Å². The van der Waals surface area contributed by atoms with Gasteiger partial charge in [-0.05, 0) is 25.8 Å². The van der Waals surface area contributed by atoms with E-state index in [0.717, 1.165) is 12.1 Å². The SMILES string of the molecule is CCCOC(=O)c1cc(C)nnc1CC. The molecule has 15 heavy (non-hydrogen) atoms. The molecule has 0 aliphatic heterocycles. The Labute approximate surface area is 89.7 Å². The number of carbonyl (C=O) groups is 1. The largest absolute Gasteiger partial charge is 0.462 e. The van der Waals surface area contributed by atoms with Crippen molar-refractivity contribution in [3.63, 3.8) is 0 Å². The molecule has 82 valence electrons. The van der Waals surface area contributed by atoms with E-state index in [0.29, 0.717) is 24.3 Å². The number of hydrogen-bond acceptors (Lipinski definition) is 4. The predicted octanol–water partition coefficient (Wildman–Crippen LogP) is 1.91. The molecule has 0 radical (unpaired) electrons. The third-order valence-electron chi connectivity index (χ3n) is 1.98. The quantitative estimate of drug-likeness (QED) is 0.709. The molecule has 1 aromatic rings. The smallest absolute Gasteiger partial charge is 0.340 e. The zero-order chi connectivity index (χ0) is 11.3. The molecule has 0 aliphatic carbocycles. The van der Waals surface area contributed by atoms with Crippen LogP contribution in [0.25, 0.3) is 0 Å². The fourth-order valence-corrected chi connectivity index (χ4v) is 1.22. The summed E-state index contributed by atoms with van der Waals surface area (Å²) < 4.78 is 5.07. The van der Waals surface area contributed by atoms with Crippen LogP contribution in [-0.4, -0.2) is 22.8 Å². The molecule has 1 heterocycles. The van der Waals surface area contributed by atoms with Gasteiger partial charge in [-0.1, -0.05) is 13.8 Å². The summed E-state index contributed by atoms with van der Waals surface area (Å²) in [5.41, 5.74) is 1.97. The zero-order valence-corrected chi connectivity index (χ0v) is 9.41. The molecule has 0 spiro atoms. The summed E-state index contributed by atoms with van der Waals surface area (Å²) in [4.78, 5) is 11.6. The molecule has 0 amide bonds. The average Bonchev–Trinajstić information content (AvgIpc) is 2.25. The van der Waals surface area contributed by atoms with E-state index < -0.39 is 0 Å². The second-order valence-electron chi connectivity index (χ2n) is 3.34. The van der Waals surface area contributed by atoms with Gasteiger partial charge >= 0.3 is 5.97 Å². The molecular formula is C11H16N2O2. The molecule has 0 fully saturated rings. The fourth-order valence-electron chi connectivity index (χ4n) is 1.22. The highest BCUT2D eigenvalue weighted by molar-refractivity contribution is 5.90. The Bertz CT molecular complexity index is 350. The first-order chi connectivity index (χ1) is 7.19. The minimum Gasteiger partial charge on any atom is -0.462 e. The molecule has 0 bridgehead atoms. The number of rotatable bonds is 4. The summed E-state index contributed by atoms with van der Waals surface area (Å²) in [5, 5.41) is 7.89. The Balaban J connectivity index is 2.90. The summed E-state index contributed by atoms with van der Waals surface area (Å²) >= 11 is 0. The minimum absolute atomic E-state index is 0.299. The Kier molecular flexibility index (Phi) is 4.21. The maximum atomic E-state index is 11.6. The highest BCUT2D eigenvalue weighted by atomic mass is 16.5. The topological polar surface area (TPSA) is 52.1 Å². The molecule has 0 aliphatic rings. The van der Waals surface area contributed by atoms with Crippen LogP contribution >= 0.6 is 0 Å². The number of aryl methyl sites for hydroxylation is 2. The Hall–Kier alpha value is -1.45. The van der Waals surface area contributed by atoms with Crippen molar-refractivity contribution in [2.24, 2.45) is 0 Å². The van der Waals surface area contributed by atoms with Crippen molar-refractivity contribution in [1.29, 1.82) is 0 Å². The van der Waals surface area contributed by atoms with Crippen molar-refractivity contribution in [3.8, 4) is 0 Å². The summed E-state index contributed by atoms with van der Waals surface area (Å²) in [6.45, 7) is 6.16. The third-order valence-corrected chi connectivity index (χ3v) is 1.98. The monoisotopic (exact) mass is 208 g/mol. The first kappa shape index (κ1) is 11.6. The number of esters is 1. The van der Waals surface area contributed by atoms with Crippen molar-refractivity contribution in [2.45, 2.75) is 33.6 Å². The molecule has 0 N–H and O–H groups in total. The van der Waals surface area contributed by atoms with E-state index in [-0.39, 0.29) is 5.97 Å². The molecular weight excluding hydrogens is 192 g/mol. The van der Waals surface area contributed by atoms with Crippen LogP contribution in [0.4, 0.5) is 0 Å². The molecule has 1 aromatic heterocycles. The lowest BCUT2D eigenvalue weighted by atomic mass is 10.1. The van der Waals surface area contributed by atoms with Crippen LogP contribution in [0.2, 0.25) is 0 Å². The lowest BCUT2D eigenvalue weighted by Crippen LogP contribution is -2.11. The van der Waals surface area contributed by atoms with Crippen LogP contribution < -0.4 is 0 Å². The fraction of sp³-hybridized carbons (Fsp3) is 0.545. The lowest BCUT2D eigenvalue weighted by molar-refractivity contribution is 0.0503. The van der Waals surface area contributed by atoms with Gasteiger partial charge in [-0.15, -0.1) is 0 Å². The Morgan fingerprint density at radius 3 is 2.73 bits per heavy atom. The van der Waals surface area contributed by atoms with Gasteiger partial charge in [0.05, 0.1) is 23.6 Å². The standard InChI is InChI=1S/C11H16N2O2/c1-4-6-15-11(14)9-7-8(3)12-13-10(9)5-2/h7H,4-6H2,1-3H3. The number of carbonyl (C=O) groups excluding carboxylic acids is 1. The molecule has 0 saturated carbocycles. The minimum atomic E-state index is -0.299. The van der Waals surface area contributed by atoms with E-state index in [1.54, 1.807) is 6.07 Å². The number of hydrogen-bond donors (Lipinski definition) is 0. The van der Waals surface area contributed by atoms with Gasteiger partial charge in [0.15, 0.2) is 0 Å².